The molecule has 0 radical (unpaired) electrons. The molecule has 1 aromatic heterocycles. The Bertz CT molecular complexity index is 1180. The molecule has 1 aromatic carbocycles. The molecule has 1 heterocycles. The predicted octanol–water partition coefficient (Wildman–Crippen LogP) is 2.70. The lowest BCUT2D eigenvalue weighted by Crippen LogP contribution is -2.27. The van der Waals surface area contributed by atoms with Gasteiger partial charge in [-0.2, -0.15) is 0 Å². The molecule has 0 spiro atoms. The van der Waals surface area contributed by atoms with Gasteiger partial charge in [0.1, 0.15) is 5.82 Å². The van der Waals surface area contributed by atoms with Crippen LogP contribution in [0.25, 0.3) is 17.3 Å². The molecular weight excluding hydrogens is 465 g/mol. The lowest BCUT2D eigenvalue weighted by atomic mass is 9.97. The van der Waals surface area contributed by atoms with Crippen LogP contribution in [-0.4, -0.2) is 61.8 Å². The van der Waals surface area contributed by atoms with Gasteiger partial charge in [0.15, 0.2) is 5.78 Å². The highest BCUT2D eigenvalue weighted by atomic mass is 32.2. The summed E-state index contributed by atoms with van der Waals surface area (Å²) < 4.78 is 43.1. The van der Waals surface area contributed by atoms with Crippen LogP contribution in [-0.2, 0) is 24.3 Å². The molecule has 0 aliphatic rings. The van der Waals surface area contributed by atoms with Crippen molar-refractivity contribution in [3.8, 4) is 11.3 Å². The van der Waals surface area contributed by atoms with Crippen LogP contribution >= 0.6 is 0 Å². The molecule has 1 atom stereocenters. The summed E-state index contributed by atoms with van der Waals surface area (Å²) in [6, 6.07) is 5.47. The number of ether oxygens (including phenoxy) is 1. The summed E-state index contributed by atoms with van der Waals surface area (Å²) in [6.07, 6.45) is 1.92. The van der Waals surface area contributed by atoms with Gasteiger partial charge in [-0.3, -0.25) is 9.59 Å². The van der Waals surface area contributed by atoms with E-state index in [-0.39, 0.29) is 24.7 Å². The zero-order chi connectivity index (χ0) is 25.6. The van der Waals surface area contributed by atoms with Crippen molar-refractivity contribution in [3.63, 3.8) is 0 Å². The maximum Gasteiger partial charge on any atom is 0.308 e. The molecule has 0 saturated carbocycles. The first-order valence-corrected chi connectivity index (χ1v) is 12.3. The Labute approximate surface area is 198 Å². The molecule has 0 fully saturated rings. The number of ketones is 1. The number of aliphatic hydroxyl groups excluding tert-OH is 1. The largest absolute Gasteiger partial charge is 0.469 e. The smallest absolute Gasteiger partial charge is 0.308 e. The number of carbonyl (C=O) groups excluding carboxylic acids is 2. The van der Waals surface area contributed by atoms with E-state index in [1.54, 1.807) is 0 Å². The molecule has 0 amide bonds. The Hall–Kier alpha value is -3.18. The van der Waals surface area contributed by atoms with Crippen molar-refractivity contribution in [2.24, 2.45) is 0 Å². The summed E-state index contributed by atoms with van der Waals surface area (Å²) in [5.74, 6) is -1.80. The van der Waals surface area contributed by atoms with Crippen molar-refractivity contribution in [2.45, 2.75) is 38.7 Å². The third-order valence-electron chi connectivity index (χ3n) is 4.91. The first-order chi connectivity index (χ1) is 15.8. The highest BCUT2D eigenvalue weighted by Gasteiger charge is 2.22. The Morgan fingerprint density at radius 1 is 1.18 bits per heavy atom. The quantitative estimate of drug-likeness (QED) is 0.395. The Morgan fingerprint density at radius 3 is 2.32 bits per heavy atom. The van der Waals surface area contributed by atoms with E-state index in [1.807, 2.05) is 13.8 Å². The highest BCUT2D eigenvalue weighted by Crippen LogP contribution is 2.31. The highest BCUT2D eigenvalue weighted by molar-refractivity contribution is 7.92. The van der Waals surface area contributed by atoms with Crippen molar-refractivity contribution in [3.05, 3.63) is 47.4 Å². The zero-order valence-corrected chi connectivity index (χ0v) is 20.5. The van der Waals surface area contributed by atoms with Gasteiger partial charge in [0.05, 0.1) is 37.3 Å². The third kappa shape index (κ3) is 7.16. The number of aliphatic hydroxyl groups is 1. The number of methoxy groups -OCH3 is 1. The summed E-state index contributed by atoms with van der Waals surface area (Å²) in [6.45, 7) is 3.69. The Kier molecular flexibility index (Phi) is 9.00. The minimum atomic E-state index is -3.66. The van der Waals surface area contributed by atoms with E-state index in [1.165, 1.54) is 50.6 Å². The minimum absolute atomic E-state index is 0.0671. The molecule has 34 heavy (non-hydrogen) atoms. The number of sulfonamides is 1. The monoisotopic (exact) mass is 493 g/mol. The molecule has 2 aromatic rings. The Balaban J connectivity index is 2.58. The number of halogens is 1. The van der Waals surface area contributed by atoms with Gasteiger partial charge in [-0.1, -0.05) is 13.8 Å². The number of carbonyl (C=O) groups is 2. The van der Waals surface area contributed by atoms with Crippen molar-refractivity contribution in [2.75, 3.05) is 24.7 Å². The Morgan fingerprint density at radius 2 is 1.79 bits per heavy atom. The van der Waals surface area contributed by atoms with Crippen LogP contribution in [0.3, 0.4) is 0 Å². The van der Waals surface area contributed by atoms with Crippen molar-refractivity contribution in [1.29, 1.82) is 0 Å². The van der Waals surface area contributed by atoms with Crippen LogP contribution in [0.1, 0.15) is 43.9 Å². The number of nitrogens with zero attached hydrogens (tertiary/aromatic N) is 3. The van der Waals surface area contributed by atoms with Gasteiger partial charge in [0.25, 0.3) is 0 Å². The summed E-state index contributed by atoms with van der Waals surface area (Å²) >= 11 is 0. The van der Waals surface area contributed by atoms with Gasteiger partial charge in [-0.15, -0.1) is 0 Å². The average molecular weight is 494 g/mol. The summed E-state index contributed by atoms with van der Waals surface area (Å²) in [7, 11) is -1.15. The van der Waals surface area contributed by atoms with Crippen LogP contribution in [0.15, 0.2) is 30.3 Å². The van der Waals surface area contributed by atoms with E-state index in [0.29, 0.717) is 22.5 Å². The second-order valence-corrected chi connectivity index (χ2v) is 10.0. The molecule has 2 rings (SSSR count). The van der Waals surface area contributed by atoms with Gasteiger partial charge in [-0.25, -0.2) is 27.1 Å². The molecule has 0 bridgehead atoms. The van der Waals surface area contributed by atoms with E-state index >= 15 is 0 Å². The van der Waals surface area contributed by atoms with Crippen molar-refractivity contribution < 1.29 is 32.2 Å². The molecule has 0 aliphatic carbocycles. The van der Waals surface area contributed by atoms with Gasteiger partial charge < -0.3 is 9.84 Å². The molecule has 0 saturated heterocycles. The molecule has 11 heteroatoms. The number of hydrogen-bond acceptors (Lipinski definition) is 8. The fraction of sp³-hybridized carbons (Fsp3) is 0.391. The first-order valence-electron chi connectivity index (χ1n) is 10.4. The van der Waals surface area contributed by atoms with E-state index < -0.39 is 33.7 Å². The summed E-state index contributed by atoms with van der Waals surface area (Å²) in [5.41, 5.74) is 1.72. The lowest BCUT2D eigenvalue weighted by molar-refractivity contribution is -0.143. The number of rotatable bonds is 10. The maximum atomic E-state index is 13.5. The molecule has 1 N–H and O–H groups in total. The van der Waals surface area contributed by atoms with Gasteiger partial charge in [0.2, 0.25) is 16.0 Å². The average Bonchev–Trinajstić information content (AvgIpc) is 2.76. The first kappa shape index (κ1) is 27.1. The van der Waals surface area contributed by atoms with Crippen molar-refractivity contribution >= 4 is 33.8 Å². The van der Waals surface area contributed by atoms with Gasteiger partial charge in [0, 0.05) is 24.6 Å². The maximum absolute atomic E-state index is 13.5. The number of esters is 1. The molecule has 184 valence electrons. The van der Waals surface area contributed by atoms with Gasteiger partial charge >= 0.3 is 5.97 Å². The molecular formula is C23H28FN3O6S. The number of hydrogen-bond donors (Lipinski definition) is 1. The van der Waals surface area contributed by atoms with E-state index in [0.717, 1.165) is 10.6 Å². The van der Waals surface area contributed by atoms with Crippen LogP contribution in [0.2, 0.25) is 0 Å². The summed E-state index contributed by atoms with van der Waals surface area (Å²) in [4.78, 5) is 32.5. The van der Waals surface area contributed by atoms with E-state index in [9.17, 15) is 27.5 Å². The number of anilines is 1. The van der Waals surface area contributed by atoms with E-state index in [4.69, 9.17) is 0 Å². The fourth-order valence-corrected chi connectivity index (χ4v) is 3.40. The number of aromatic nitrogens is 2. The summed E-state index contributed by atoms with van der Waals surface area (Å²) in [5, 5.41) is 9.92. The third-order valence-corrected chi connectivity index (χ3v) is 6.07. The standard InChI is InChI=1S/C23H28FN3O6S/c1-14(2)21-19(11-10-17(28)12-18(29)13-20(30)33-4)22(15-6-8-16(24)9-7-15)26-23(25-21)27(3)34(5,31)32/h6-11,14,18,29H,12-13H2,1-5H3/t18-/m1/s1. The lowest BCUT2D eigenvalue weighted by Gasteiger charge is -2.20. The van der Waals surface area contributed by atoms with Crippen LogP contribution in [0, 0.1) is 5.82 Å². The van der Waals surface area contributed by atoms with Gasteiger partial charge in [-0.05, 0) is 42.3 Å². The number of benzene rings is 1. The van der Waals surface area contributed by atoms with E-state index in [2.05, 4.69) is 14.7 Å². The second-order valence-electron chi connectivity index (χ2n) is 8.00. The second kappa shape index (κ2) is 11.3. The number of allylic oxidation sites excluding steroid dienone is 1. The van der Waals surface area contributed by atoms with Crippen LogP contribution in [0.5, 0.6) is 0 Å². The predicted molar refractivity (Wildman–Crippen MR) is 126 cm³/mol. The van der Waals surface area contributed by atoms with Crippen LogP contribution in [0.4, 0.5) is 10.3 Å². The molecule has 0 aliphatic heterocycles. The molecule has 9 nitrogen and oxygen atoms in total. The van der Waals surface area contributed by atoms with Crippen LogP contribution < -0.4 is 4.31 Å². The topological polar surface area (TPSA) is 127 Å². The minimum Gasteiger partial charge on any atom is -0.469 e. The zero-order valence-electron chi connectivity index (χ0n) is 19.6. The fourth-order valence-electron chi connectivity index (χ4n) is 3.02. The SMILES string of the molecule is COC(=O)C[C@H](O)CC(=O)C=Cc1c(-c2ccc(F)cc2)nc(N(C)S(C)(=O)=O)nc1C(C)C. The normalized spacial score (nSPS) is 12.7. The molecule has 0 unspecified atom stereocenters. The van der Waals surface area contributed by atoms with Crippen molar-refractivity contribution in [1.82, 2.24) is 9.97 Å².